The zero-order valence-corrected chi connectivity index (χ0v) is 18.1. The number of amides is 3. The SMILES string of the molecule is CC(C)(C)OC(=O)Nc1ccc2c(c1)[C@@H](NC(=O)Nc1ccc(Cl)cc1)CCS2. The zero-order chi connectivity index (χ0) is 21.0. The fourth-order valence-corrected chi connectivity index (χ4v) is 4.13. The third kappa shape index (κ3) is 6.30. The summed E-state index contributed by atoms with van der Waals surface area (Å²) in [4.78, 5) is 25.6. The van der Waals surface area contributed by atoms with E-state index in [-0.39, 0.29) is 12.1 Å². The van der Waals surface area contributed by atoms with Crippen LogP contribution in [0.4, 0.5) is 21.0 Å². The fraction of sp³-hybridized carbons (Fsp3) is 0.333. The number of hydrogen-bond donors (Lipinski definition) is 3. The van der Waals surface area contributed by atoms with E-state index in [0.29, 0.717) is 16.4 Å². The molecule has 2 aromatic rings. The Kier molecular flexibility index (Phi) is 6.59. The van der Waals surface area contributed by atoms with E-state index in [1.165, 1.54) is 0 Å². The number of urea groups is 1. The molecule has 0 aliphatic carbocycles. The topological polar surface area (TPSA) is 79.5 Å². The molecule has 0 unspecified atom stereocenters. The maximum Gasteiger partial charge on any atom is 0.412 e. The van der Waals surface area contributed by atoms with Crippen molar-refractivity contribution >= 4 is 46.9 Å². The highest BCUT2D eigenvalue weighted by atomic mass is 35.5. The second-order valence-corrected chi connectivity index (χ2v) is 9.25. The summed E-state index contributed by atoms with van der Waals surface area (Å²) in [6.07, 6.45) is 0.285. The van der Waals surface area contributed by atoms with Gasteiger partial charge in [-0.05, 0) is 75.2 Å². The maximum absolute atomic E-state index is 12.4. The van der Waals surface area contributed by atoms with Crippen LogP contribution in [0.1, 0.15) is 38.8 Å². The molecule has 0 radical (unpaired) electrons. The number of anilines is 2. The molecule has 0 spiro atoms. The summed E-state index contributed by atoms with van der Waals surface area (Å²) in [5.41, 5.74) is 1.70. The first-order valence-electron chi connectivity index (χ1n) is 9.29. The number of benzene rings is 2. The zero-order valence-electron chi connectivity index (χ0n) is 16.5. The van der Waals surface area contributed by atoms with Crippen molar-refractivity contribution in [3.8, 4) is 0 Å². The lowest BCUT2D eigenvalue weighted by Gasteiger charge is -2.27. The van der Waals surface area contributed by atoms with Gasteiger partial charge in [0.15, 0.2) is 0 Å². The normalized spacial score (nSPS) is 15.8. The summed E-state index contributed by atoms with van der Waals surface area (Å²) in [6, 6.07) is 12.2. The van der Waals surface area contributed by atoms with Crippen molar-refractivity contribution in [1.29, 1.82) is 0 Å². The van der Waals surface area contributed by atoms with Crippen LogP contribution < -0.4 is 16.0 Å². The van der Waals surface area contributed by atoms with E-state index in [2.05, 4.69) is 16.0 Å². The van der Waals surface area contributed by atoms with Gasteiger partial charge in [-0.1, -0.05) is 11.6 Å². The van der Waals surface area contributed by atoms with Crippen molar-refractivity contribution in [2.24, 2.45) is 0 Å². The minimum absolute atomic E-state index is 0.154. The van der Waals surface area contributed by atoms with Gasteiger partial charge >= 0.3 is 12.1 Å². The molecule has 3 N–H and O–H groups in total. The maximum atomic E-state index is 12.4. The summed E-state index contributed by atoms with van der Waals surface area (Å²) in [5, 5.41) is 9.20. The first kappa shape index (κ1) is 21.3. The minimum Gasteiger partial charge on any atom is -0.444 e. The summed E-state index contributed by atoms with van der Waals surface area (Å²) < 4.78 is 5.31. The largest absolute Gasteiger partial charge is 0.444 e. The average Bonchev–Trinajstić information content (AvgIpc) is 2.62. The van der Waals surface area contributed by atoms with Crippen LogP contribution in [-0.2, 0) is 4.74 Å². The Morgan fingerprint density at radius 1 is 1.07 bits per heavy atom. The van der Waals surface area contributed by atoms with E-state index in [9.17, 15) is 9.59 Å². The number of ether oxygens (including phenoxy) is 1. The summed E-state index contributed by atoms with van der Waals surface area (Å²) in [5.74, 6) is 0.901. The van der Waals surface area contributed by atoms with E-state index in [4.69, 9.17) is 16.3 Å². The number of halogens is 1. The molecule has 1 aliphatic rings. The Morgan fingerprint density at radius 2 is 1.76 bits per heavy atom. The van der Waals surface area contributed by atoms with E-state index in [0.717, 1.165) is 22.6 Å². The number of carbonyl (C=O) groups excluding carboxylic acids is 2. The lowest BCUT2D eigenvalue weighted by atomic mass is 10.0. The highest BCUT2D eigenvalue weighted by Gasteiger charge is 2.24. The Morgan fingerprint density at radius 3 is 2.45 bits per heavy atom. The summed E-state index contributed by atoms with van der Waals surface area (Å²) in [7, 11) is 0. The van der Waals surface area contributed by atoms with E-state index < -0.39 is 11.7 Å². The monoisotopic (exact) mass is 433 g/mol. The van der Waals surface area contributed by atoms with Crippen LogP contribution in [0, 0.1) is 0 Å². The lowest BCUT2D eigenvalue weighted by molar-refractivity contribution is 0.0636. The van der Waals surface area contributed by atoms with Crippen molar-refractivity contribution in [2.45, 2.75) is 43.7 Å². The van der Waals surface area contributed by atoms with Gasteiger partial charge in [0.1, 0.15) is 5.60 Å². The molecule has 1 aliphatic heterocycles. The van der Waals surface area contributed by atoms with Crippen molar-refractivity contribution in [2.75, 3.05) is 16.4 Å². The van der Waals surface area contributed by atoms with Crippen molar-refractivity contribution in [3.05, 3.63) is 53.1 Å². The molecule has 0 bridgehead atoms. The highest BCUT2D eigenvalue weighted by Crippen LogP contribution is 2.37. The molecule has 2 aromatic carbocycles. The van der Waals surface area contributed by atoms with Gasteiger partial charge in [0.25, 0.3) is 0 Å². The molecule has 3 amide bonds. The van der Waals surface area contributed by atoms with Gasteiger partial charge in [-0.3, -0.25) is 5.32 Å². The molecule has 154 valence electrons. The van der Waals surface area contributed by atoms with Crippen LogP contribution in [0.5, 0.6) is 0 Å². The third-order valence-corrected chi connectivity index (χ3v) is 5.48. The Bertz CT molecular complexity index is 897. The summed E-state index contributed by atoms with van der Waals surface area (Å²) >= 11 is 7.61. The molecule has 0 saturated carbocycles. The van der Waals surface area contributed by atoms with Gasteiger partial charge in [-0.2, -0.15) is 0 Å². The molecule has 0 aromatic heterocycles. The lowest BCUT2D eigenvalue weighted by Crippen LogP contribution is -2.34. The minimum atomic E-state index is -0.571. The van der Waals surface area contributed by atoms with Gasteiger partial charge in [-0.25, -0.2) is 9.59 Å². The van der Waals surface area contributed by atoms with Crippen LogP contribution in [-0.4, -0.2) is 23.5 Å². The Labute approximate surface area is 179 Å². The molecule has 29 heavy (non-hydrogen) atoms. The molecule has 1 atom stereocenters. The number of nitrogens with one attached hydrogen (secondary N) is 3. The number of thioether (sulfide) groups is 1. The molecule has 6 nitrogen and oxygen atoms in total. The quantitative estimate of drug-likeness (QED) is 0.550. The molecule has 1 heterocycles. The molecular formula is C21H24ClN3O3S. The van der Waals surface area contributed by atoms with Crippen LogP contribution in [0.2, 0.25) is 5.02 Å². The smallest absolute Gasteiger partial charge is 0.412 e. The number of fused-ring (bicyclic) bond motifs is 1. The van der Waals surface area contributed by atoms with Gasteiger partial charge in [-0.15, -0.1) is 11.8 Å². The first-order valence-corrected chi connectivity index (χ1v) is 10.7. The van der Waals surface area contributed by atoms with E-state index >= 15 is 0 Å². The molecule has 3 rings (SSSR count). The van der Waals surface area contributed by atoms with Crippen LogP contribution >= 0.6 is 23.4 Å². The van der Waals surface area contributed by atoms with Crippen molar-refractivity contribution in [1.82, 2.24) is 5.32 Å². The van der Waals surface area contributed by atoms with Crippen molar-refractivity contribution < 1.29 is 14.3 Å². The van der Waals surface area contributed by atoms with Gasteiger partial charge < -0.3 is 15.4 Å². The fourth-order valence-electron chi connectivity index (χ4n) is 2.90. The van der Waals surface area contributed by atoms with Gasteiger partial charge in [0.05, 0.1) is 6.04 Å². The highest BCUT2D eigenvalue weighted by molar-refractivity contribution is 7.99. The van der Waals surface area contributed by atoms with Gasteiger partial charge in [0, 0.05) is 27.0 Å². The third-order valence-electron chi connectivity index (χ3n) is 4.10. The summed E-state index contributed by atoms with van der Waals surface area (Å²) in [6.45, 7) is 5.44. The number of hydrogen-bond acceptors (Lipinski definition) is 4. The van der Waals surface area contributed by atoms with Crippen LogP contribution in [0.25, 0.3) is 0 Å². The Balaban J connectivity index is 1.69. The van der Waals surface area contributed by atoms with E-state index in [1.807, 2.05) is 39.0 Å². The van der Waals surface area contributed by atoms with E-state index in [1.54, 1.807) is 36.0 Å². The molecule has 0 saturated heterocycles. The molecular weight excluding hydrogens is 410 g/mol. The standard InChI is InChI=1S/C21H24ClN3O3S/c1-21(2,3)28-20(27)24-15-8-9-18-16(12-15)17(10-11-29-18)25-19(26)23-14-6-4-13(22)5-7-14/h4-9,12,17H,10-11H2,1-3H3,(H,24,27)(H2,23,25,26)/t17-/m0/s1. The molecule has 8 heteroatoms. The number of rotatable bonds is 3. The Hall–Kier alpha value is -2.38. The average molecular weight is 434 g/mol. The molecule has 0 fully saturated rings. The predicted octanol–water partition coefficient (Wildman–Crippen LogP) is 6.05. The number of carbonyl (C=O) groups is 2. The van der Waals surface area contributed by atoms with Crippen molar-refractivity contribution in [3.63, 3.8) is 0 Å². The second kappa shape index (κ2) is 8.97. The van der Waals surface area contributed by atoms with Gasteiger partial charge in [0.2, 0.25) is 0 Å². The van der Waals surface area contributed by atoms with Crippen LogP contribution in [0.3, 0.4) is 0 Å². The first-order chi connectivity index (χ1) is 13.7. The second-order valence-electron chi connectivity index (χ2n) is 7.67. The van der Waals surface area contributed by atoms with Crippen LogP contribution in [0.15, 0.2) is 47.4 Å². The predicted molar refractivity (Wildman–Crippen MR) is 118 cm³/mol.